The second-order valence-electron chi connectivity index (χ2n) is 3.57. The lowest BCUT2D eigenvalue weighted by Gasteiger charge is -2.03. The van der Waals surface area contributed by atoms with Gasteiger partial charge in [0, 0.05) is 5.56 Å². The lowest BCUT2D eigenvalue weighted by atomic mass is 10.1. The second kappa shape index (κ2) is 3.41. The molecule has 0 saturated carbocycles. The van der Waals surface area contributed by atoms with Gasteiger partial charge in [-0.25, -0.2) is 0 Å². The van der Waals surface area contributed by atoms with Crippen LogP contribution < -0.4 is 5.43 Å². The molecule has 0 bridgehead atoms. The van der Waals surface area contributed by atoms with E-state index in [1.807, 2.05) is 0 Å². The van der Waals surface area contributed by atoms with Crippen molar-refractivity contribution in [2.75, 3.05) is 0 Å². The third-order valence-electron chi connectivity index (χ3n) is 2.55. The zero-order valence-corrected chi connectivity index (χ0v) is 8.56. The van der Waals surface area contributed by atoms with Crippen molar-refractivity contribution in [3.63, 3.8) is 0 Å². The topological polar surface area (TPSA) is 77.8 Å². The molecule has 0 radical (unpaired) electrons. The minimum Gasteiger partial charge on any atom is -0.508 e. The van der Waals surface area contributed by atoms with E-state index in [2.05, 4.69) is 0 Å². The molecule has 0 unspecified atom stereocenters. The van der Waals surface area contributed by atoms with E-state index in [4.69, 9.17) is 0 Å². The summed E-state index contributed by atoms with van der Waals surface area (Å²) >= 11 is 0. The van der Waals surface area contributed by atoms with Crippen LogP contribution in [0.5, 0.6) is 17.2 Å². The van der Waals surface area contributed by atoms with E-state index in [9.17, 15) is 20.1 Å². The van der Waals surface area contributed by atoms with Crippen LogP contribution in [0, 0.1) is 6.92 Å². The van der Waals surface area contributed by atoms with E-state index in [1.165, 1.54) is 31.2 Å². The van der Waals surface area contributed by atoms with Crippen molar-refractivity contribution in [1.82, 2.24) is 0 Å². The molecule has 3 N–H and O–H groups in total. The molecule has 4 heteroatoms. The summed E-state index contributed by atoms with van der Waals surface area (Å²) in [6.45, 7) is 1.49. The summed E-state index contributed by atoms with van der Waals surface area (Å²) in [6, 6.07) is 5.64. The van der Waals surface area contributed by atoms with E-state index < -0.39 is 11.2 Å². The van der Waals surface area contributed by atoms with Crippen LogP contribution in [0.2, 0.25) is 0 Å². The highest BCUT2D eigenvalue weighted by atomic mass is 16.3. The first-order valence-corrected chi connectivity index (χ1v) is 4.70. The molecular formula is C12H10O4. The van der Waals surface area contributed by atoms with E-state index in [0.717, 1.165) is 0 Å². The van der Waals surface area contributed by atoms with Gasteiger partial charge in [0.05, 0.1) is 5.39 Å². The summed E-state index contributed by atoms with van der Waals surface area (Å²) in [6.07, 6.45) is 0. The number of phenolic OH excluding ortho intramolecular Hbond substituents is 2. The molecule has 4 nitrogen and oxygen atoms in total. The van der Waals surface area contributed by atoms with E-state index >= 15 is 0 Å². The molecule has 0 saturated heterocycles. The Bertz CT molecular complexity index is 632. The van der Waals surface area contributed by atoms with Crippen LogP contribution in [0.3, 0.4) is 0 Å². The van der Waals surface area contributed by atoms with Gasteiger partial charge in [-0.1, -0.05) is 12.1 Å². The van der Waals surface area contributed by atoms with Gasteiger partial charge in [-0.2, -0.15) is 0 Å². The van der Waals surface area contributed by atoms with Crippen molar-refractivity contribution in [3.05, 3.63) is 40.1 Å². The standard InChI is InChI=1S/C12H10O4/c1-6-9(14)5-7-3-2-4-8(13)12(16)10(7)11(6)15/h2-5,14-15H,1H3,(H,13,16). The number of rotatable bonds is 0. The number of benzene rings is 1. The Morgan fingerprint density at radius 3 is 2.44 bits per heavy atom. The summed E-state index contributed by atoms with van der Waals surface area (Å²) < 4.78 is 0. The fraction of sp³-hybridized carbons (Fsp3) is 0.0833. The predicted octanol–water partition coefficient (Wildman–Crippen LogP) is 1.63. The normalized spacial score (nSPS) is 10.6. The number of hydrogen-bond acceptors (Lipinski definition) is 4. The lowest BCUT2D eigenvalue weighted by Crippen LogP contribution is -1.98. The third-order valence-corrected chi connectivity index (χ3v) is 2.55. The van der Waals surface area contributed by atoms with Gasteiger partial charge < -0.3 is 15.3 Å². The molecule has 0 fully saturated rings. The number of aromatic hydroxyl groups is 3. The molecule has 2 aromatic carbocycles. The second-order valence-corrected chi connectivity index (χ2v) is 3.57. The molecule has 0 heterocycles. The van der Waals surface area contributed by atoms with Crippen molar-refractivity contribution >= 4 is 10.8 Å². The molecule has 2 rings (SSSR count). The maximum absolute atomic E-state index is 11.7. The Kier molecular flexibility index (Phi) is 2.20. The van der Waals surface area contributed by atoms with Crippen LogP contribution in [0.4, 0.5) is 0 Å². The van der Waals surface area contributed by atoms with E-state index in [1.54, 1.807) is 0 Å². The van der Waals surface area contributed by atoms with E-state index in [0.29, 0.717) is 5.39 Å². The molecule has 0 aliphatic rings. The van der Waals surface area contributed by atoms with Gasteiger partial charge >= 0.3 is 0 Å². The zero-order valence-electron chi connectivity index (χ0n) is 8.56. The van der Waals surface area contributed by atoms with Gasteiger partial charge in [-0.05, 0) is 24.4 Å². The number of hydrogen-bond donors (Lipinski definition) is 3. The van der Waals surface area contributed by atoms with Crippen LogP contribution in [-0.2, 0) is 0 Å². The van der Waals surface area contributed by atoms with Gasteiger partial charge in [0.2, 0.25) is 5.43 Å². The van der Waals surface area contributed by atoms with Crippen molar-refractivity contribution in [2.45, 2.75) is 6.92 Å². The molecule has 2 aromatic rings. The molecule has 16 heavy (non-hydrogen) atoms. The zero-order chi connectivity index (χ0) is 11.9. The Labute approximate surface area is 91.0 Å². The van der Waals surface area contributed by atoms with Gasteiger partial charge in [0.15, 0.2) is 5.75 Å². The fourth-order valence-electron chi connectivity index (χ4n) is 1.59. The van der Waals surface area contributed by atoms with E-state index in [-0.39, 0.29) is 22.4 Å². The predicted molar refractivity (Wildman–Crippen MR) is 59.9 cm³/mol. The summed E-state index contributed by atoms with van der Waals surface area (Å²) in [7, 11) is 0. The van der Waals surface area contributed by atoms with Crippen LogP contribution in [-0.4, -0.2) is 15.3 Å². The van der Waals surface area contributed by atoms with Crippen LogP contribution in [0.25, 0.3) is 10.8 Å². The first-order chi connectivity index (χ1) is 7.52. The number of fused-ring (bicyclic) bond motifs is 1. The van der Waals surface area contributed by atoms with Crippen molar-refractivity contribution < 1.29 is 15.3 Å². The Balaban J connectivity index is 3.14. The maximum Gasteiger partial charge on any atom is 0.231 e. The Morgan fingerprint density at radius 2 is 1.75 bits per heavy atom. The van der Waals surface area contributed by atoms with Gasteiger partial charge in [-0.3, -0.25) is 4.79 Å². The lowest BCUT2D eigenvalue weighted by molar-refractivity contribution is 0.446. The minimum absolute atomic E-state index is 0.0119. The van der Waals surface area contributed by atoms with Gasteiger partial charge in [0.1, 0.15) is 11.5 Å². The smallest absolute Gasteiger partial charge is 0.231 e. The summed E-state index contributed by atoms with van der Waals surface area (Å²) in [4.78, 5) is 11.7. The number of phenols is 2. The summed E-state index contributed by atoms with van der Waals surface area (Å²) in [5.41, 5.74) is -0.434. The first-order valence-electron chi connectivity index (χ1n) is 4.70. The molecule has 0 amide bonds. The third kappa shape index (κ3) is 1.35. The largest absolute Gasteiger partial charge is 0.508 e. The molecule has 0 aliphatic heterocycles. The van der Waals surface area contributed by atoms with Gasteiger partial charge in [0.25, 0.3) is 0 Å². The molecule has 82 valence electrons. The highest BCUT2D eigenvalue weighted by Crippen LogP contribution is 2.32. The SMILES string of the molecule is Cc1c(O)cc2cccc(O)c(=O)c2c1O. The monoisotopic (exact) mass is 218 g/mol. The minimum atomic E-state index is -0.652. The van der Waals surface area contributed by atoms with Crippen molar-refractivity contribution in [1.29, 1.82) is 0 Å². The van der Waals surface area contributed by atoms with Crippen molar-refractivity contribution in [2.24, 2.45) is 0 Å². The molecular weight excluding hydrogens is 208 g/mol. The summed E-state index contributed by atoms with van der Waals surface area (Å²) in [5, 5.41) is 29.1. The fourth-order valence-corrected chi connectivity index (χ4v) is 1.59. The van der Waals surface area contributed by atoms with Crippen LogP contribution in [0.15, 0.2) is 29.1 Å². The van der Waals surface area contributed by atoms with Gasteiger partial charge in [-0.15, -0.1) is 0 Å². The summed E-state index contributed by atoms with van der Waals surface area (Å²) in [5.74, 6) is -0.822. The Hall–Kier alpha value is -2.23. The van der Waals surface area contributed by atoms with Crippen LogP contribution >= 0.6 is 0 Å². The molecule has 0 aromatic heterocycles. The first kappa shape index (κ1) is 10.3. The molecule has 0 spiro atoms. The quantitative estimate of drug-likeness (QED) is 0.628. The average Bonchev–Trinajstić information content (AvgIpc) is 2.37. The molecule has 0 atom stereocenters. The van der Waals surface area contributed by atoms with Crippen LogP contribution in [0.1, 0.15) is 5.56 Å². The Morgan fingerprint density at radius 1 is 1.06 bits per heavy atom. The average molecular weight is 218 g/mol. The van der Waals surface area contributed by atoms with Crippen molar-refractivity contribution in [3.8, 4) is 17.2 Å². The highest BCUT2D eigenvalue weighted by Gasteiger charge is 2.11. The highest BCUT2D eigenvalue weighted by molar-refractivity contribution is 5.91. The maximum atomic E-state index is 11.7. The molecule has 0 aliphatic carbocycles.